The molecule has 7 nitrogen and oxygen atoms in total. The molecular formula is C30H35ClN2O5S. The highest BCUT2D eigenvalue weighted by Gasteiger charge is 2.45. The van der Waals surface area contributed by atoms with Crippen LogP contribution in [0.3, 0.4) is 0 Å². The number of amides is 1. The molecule has 2 heterocycles. The van der Waals surface area contributed by atoms with Gasteiger partial charge in [-0.05, 0) is 98.7 Å². The smallest absolute Gasteiger partial charge is 0.264 e. The van der Waals surface area contributed by atoms with E-state index in [9.17, 15) is 18.3 Å². The lowest BCUT2D eigenvalue weighted by Gasteiger charge is -2.43. The van der Waals surface area contributed by atoms with Crippen molar-refractivity contribution in [1.29, 1.82) is 0 Å². The highest BCUT2D eigenvalue weighted by Crippen LogP contribution is 2.47. The Morgan fingerprint density at radius 1 is 1.15 bits per heavy atom. The van der Waals surface area contributed by atoms with Crippen LogP contribution in [0, 0.1) is 11.8 Å². The van der Waals surface area contributed by atoms with E-state index in [1.807, 2.05) is 24.3 Å². The zero-order chi connectivity index (χ0) is 27.4. The lowest BCUT2D eigenvalue weighted by atomic mass is 9.70. The summed E-state index contributed by atoms with van der Waals surface area (Å²) in [4.78, 5) is 15.5. The van der Waals surface area contributed by atoms with E-state index in [1.54, 1.807) is 25.1 Å². The van der Waals surface area contributed by atoms with E-state index < -0.39 is 27.3 Å². The van der Waals surface area contributed by atoms with Crippen molar-refractivity contribution in [2.75, 3.05) is 24.6 Å². The quantitative estimate of drug-likeness (QED) is 0.449. The number of nitrogens with one attached hydrogen (secondary N) is 1. The minimum absolute atomic E-state index is 0.139. The van der Waals surface area contributed by atoms with Crippen LogP contribution in [-0.2, 0) is 21.9 Å². The third-order valence-corrected chi connectivity index (χ3v) is 11.3. The molecule has 6 rings (SSSR count). The largest absolute Gasteiger partial charge is 0.490 e. The van der Waals surface area contributed by atoms with E-state index in [0.717, 1.165) is 42.9 Å². The molecule has 5 atom stereocenters. The molecule has 208 valence electrons. The van der Waals surface area contributed by atoms with Crippen molar-refractivity contribution >= 4 is 33.2 Å². The molecule has 1 saturated carbocycles. The monoisotopic (exact) mass is 570 g/mol. The summed E-state index contributed by atoms with van der Waals surface area (Å²) in [6, 6.07) is 11.3. The number of anilines is 1. The molecule has 4 aliphatic rings. The zero-order valence-corrected chi connectivity index (χ0v) is 23.7. The van der Waals surface area contributed by atoms with Crippen LogP contribution in [0.15, 0.2) is 48.6 Å². The molecule has 9 heteroatoms. The maximum absolute atomic E-state index is 13.1. The molecule has 2 bridgehead atoms. The van der Waals surface area contributed by atoms with Gasteiger partial charge in [-0.2, -0.15) is 0 Å². The Kier molecular flexibility index (Phi) is 6.92. The van der Waals surface area contributed by atoms with E-state index in [-0.39, 0.29) is 16.9 Å². The first-order chi connectivity index (χ1) is 18.6. The number of fused-ring (bicyclic) bond motifs is 4. The Bertz CT molecular complexity index is 1430. The first-order valence-corrected chi connectivity index (χ1v) is 15.8. The SMILES string of the molecule is C[C@@H]1CC/C=C/[C@H](O)[C@@H]2CC[C@H]2CN2C[C@@]3(CCc4cc(Cl)ccc43)COc3ccc(cc32)C(=O)NS1(=O)=O. The molecule has 0 radical (unpaired) electrons. The molecule has 0 saturated heterocycles. The van der Waals surface area contributed by atoms with E-state index in [2.05, 4.69) is 15.7 Å². The molecule has 1 fully saturated rings. The van der Waals surface area contributed by atoms with Crippen molar-refractivity contribution in [3.63, 3.8) is 0 Å². The van der Waals surface area contributed by atoms with Crippen LogP contribution in [0.1, 0.15) is 60.5 Å². The van der Waals surface area contributed by atoms with Crippen LogP contribution in [-0.4, -0.2) is 50.5 Å². The maximum Gasteiger partial charge on any atom is 0.264 e. The molecule has 2 aliphatic carbocycles. The van der Waals surface area contributed by atoms with Crippen molar-refractivity contribution in [2.24, 2.45) is 11.8 Å². The number of hydrogen-bond acceptors (Lipinski definition) is 6. The fourth-order valence-corrected chi connectivity index (χ4v) is 7.94. The van der Waals surface area contributed by atoms with E-state index in [1.165, 1.54) is 11.1 Å². The van der Waals surface area contributed by atoms with Gasteiger partial charge in [-0.25, -0.2) is 13.1 Å². The van der Waals surface area contributed by atoms with Crippen molar-refractivity contribution in [3.8, 4) is 5.75 Å². The Morgan fingerprint density at radius 2 is 2.00 bits per heavy atom. The van der Waals surface area contributed by atoms with Crippen LogP contribution < -0.4 is 14.4 Å². The summed E-state index contributed by atoms with van der Waals surface area (Å²) in [6.07, 6.45) is 7.81. The number of sulfonamides is 1. The number of aryl methyl sites for hydroxylation is 1. The second-order valence-corrected chi connectivity index (χ2v) is 14.3. The zero-order valence-electron chi connectivity index (χ0n) is 22.1. The fourth-order valence-electron chi connectivity index (χ4n) is 6.72. The summed E-state index contributed by atoms with van der Waals surface area (Å²) < 4.78 is 34.5. The third kappa shape index (κ3) is 4.96. The molecule has 0 aromatic heterocycles. The summed E-state index contributed by atoms with van der Waals surface area (Å²) in [5.74, 6) is 0.479. The number of rotatable bonds is 0. The molecule has 1 amide bonds. The molecule has 0 unspecified atom stereocenters. The number of aliphatic hydroxyl groups is 1. The van der Waals surface area contributed by atoms with Gasteiger partial charge in [0.25, 0.3) is 5.91 Å². The number of hydrogen-bond donors (Lipinski definition) is 2. The first-order valence-electron chi connectivity index (χ1n) is 13.9. The van der Waals surface area contributed by atoms with Gasteiger partial charge in [0.1, 0.15) is 5.75 Å². The highest BCUT2D eigenvalue weighted by molar-refractivity contribution is 7.90. The van der Waals surface area contributed by atoms with Gasteiger partial charge < -0.3 is 14.7 Å². The van der Waals surface area contributed by atoms with Gasteiger partial charge >= 0.3 is 0 Å². The van der Waals surface area contributed by atoms with Gasteiger partial charge in [0.2, 0.25) is 10.0 Å². The standard InChI is InChI=1S/C30H35ClN2O5S/c1-19-4-2-3-5-27(34)24-9-6-22(24)16-33-17-30(13-12-20-14-23(31)8-10-25(20)30)18-38-28-11-7-21(15-26(28)33)29(35)32-39(19,36)37/h3,5,7-8,10-11,14-15,19,22,24,27,34H,2,4,6,9,12-13,16-18H2,1H3,(H,32,35)/b5-3+/t19-,22+,24-,27+,30+/m1/s1. The number of carbonyl (C=O) groups excluding carboxylic acids is 1. The number of allylic oxidation sites excluding steroid dienone is 1. The minimum atomic E-state index is -3.86. The second kappa shape index (κ2) is 10.1. The molecule has 2 aliphatic heterocycles. The lowest BCUT2D eigenvalue weighted by molar-refractivity contribution is 0.0457. The fraction of sp³-hybridized carbons (Fsp3) is 0.500. The number of aliphatic hydroxyl groups excluding tert-OH is 1. The van der Waals surface area contributed by atoms with Crippen LogP contribution >= 0.6 is 11.6 Å². The number of halogens is 1. The lowest BCUT2D eigenvalue weighted by Crippen LogP contribution is -2.47. The number of ether oxygens (including phenoxy) is 1. The highest BCUT2D eigenvalue weighted by atomic mass is 35.5. The number of benzene rings is 2. The third-order valence-electron chi connectivity index (χ3n) is 9.28. The van der Waals surface area contributed by atoms with Gasteiger partial charge in [0, 0.05) is 29.1 Å². The molecular weight excluding hydrogens is 536 g/mol. The van der Waals surface area contributed by atoms with Crippen molar-refractivity contribution in [2.45, 2.75) is 62.2 Å². The van der Waals surface area contributed by atoms with Crippen LogP contribution in [0.5, 0.6) is 5.75 Å². The number of nitrogens with zero attached hydrogens (tertiary/aromatic N) is 1. The molecule has 2 aromatic carbocycles. The summed E-state index contributed by atoms with van der Waals surface area (Å²) in [5, 5.41) is 11.0. The maximum atomic E-state index is 13.1. The van der Waals surface area contributed by atoms with Crippen LogP contribution in [0.2, 0.25) is 5.02 Å². The average molecular weight is 571 g/mol. The Labute approximate surface area is 235 Å². The van der Waals surface area contributed by atoms with Gasteiger partial charge in [0.05, 0.1) is 23.6 Å². The minimum Gasteiger partial charge on any atom is -0.490 e. The molecule has 39 heavy (non-hydrogen) atoms. The average Bonchev–Trinajstić information content (AvgIpc) is 3.14. The van der Waals surface area contributed by atoms with E-state index >= 15 is 0 Å². The van der Waals surface area contributed by atoms with Gasteiger partial charge in [-0.15, -0.1) is 0 Å². The van der Waals surface area contributed by atoms with Crippen molar-refractivity contribution < 1.29 is 23.1 Å². The second-order valence-electron chi connectivity index (χ2n) is 11.7. The summed E-state index contributed by atoms with van der Waals surface area (Å²) in [6.45, 7) is 3.52. The Hall–Kier alpha value is -2.55. The predicted octanol–water partition coefficient (Wildman–Crippen LogP) is 4.61. The van der Waals surface area contributed by atoms with Crippen molar-refractivity contribution in [1.82, 2.24) is 4.72 Å². The topological polar surface area (TPSA) is 95.9 Å². The van der Waals surface area contributed by atoms with E-state index in [0.29, 0.717) is 37.7 Å². The summed E-state index contributed by atoms with van der Waals surface area (Å²) >= 11 is 6.32. The van der Waals surface area contributed by atoms with Gasteiger partial charge in [0.15, 0.2) is 0 Å². The normalized spacial score (nSPS) is 32.7. The Balaban J connectivity index is 1.41. The van der Waals surface area contributed by atoms with E-state index in [4.69, 9.17) is 16.3 Å². The van der Waals surface area contributed by atoms with Gasteiger partial charge in [-0.1, -0.05) is 29.8 Å². The van der Waals surface area contributed by atoms with Crippen molar-refractivity contribution in [3.05, 3.63) is 70.3 Å². The number of carbonyl (C=O) groups is 1. The van der Waals surface area contributed by atoms with Crippen LogP contribution in [0.25, 0.3) is 0 Å². The first kappa shape index (κ1) is 26.7. The molecule has 1 spiro atoms. The summed E-state index contributed by atoms with van der Waals surface area (Å²) in [5.41, 5.74) is 3.32. The Morgan fingerprint density at radius 3 is 2.79 bits per heavy atom. The van der Waals surface area contributed by atoms with Gasteiger partial charge in [-0.3, -0.25) is 4.79 Å². The van der Waals surface area contributed by atoms with Crippen LogP contribution in [0.4, 0.5) is 5.69 Å². The summed E-state index contributed by atoms with van der Waals surface area (Å²) in [7, 11) is -3.86. The predicted molar refractivity (Wildman–Crippen MR) is 152 cm³/mol. The molecule has 2 aromatic rings. The molecule has 2 N–H and O–H groups in total.